The monoisotopic (exact) mass is 362 g/mol. The van der Waals surface area contributed by atoms with Gasteiger partial charge in [-0.05, 0) is 0 Å². The van der Waals surface area contributed by atoms with E-state index in [1.807, 2.05) is 60.7 Å². The van der Waals surface area contributed by atoms with Gasteiger partial charge in [-0.2, -0.15) is 0 Å². The van der Waals surface area contributed by atoms with Crippen molar-refractivity contribution in [2.45, 2.75) is 0 Å². The van der Waals surface area contributed by atoms with Crippen molar-refractivity contribution in [1.82, 2.24) is 0 Å². The number of halogens is 1. The van der Waals surface area contributed by atoms with E-state index >= 15 is 0 Å². The number of hydrogen-bond donors (Lipinski definition) is 0. The molecule has 0 N–H and O–H groups in total. The normalized spacial score (nSPS) is 10.9. The number of ether oxygens (including phenoxy) is 1. The average Bonchev–Trinajstić information content (AvgIpc) is 2.53. The third kappa shape index (κ3) is 5.79. The molecule has 0 saturated carbocycles. The zero-order valence-corrected chi connectivity index (χ0v) is 14.1. The fourth-order valence-corrected chi connectivity index (χ4v) is 3.32. The van der Waals surface area contributed by atoms with E-state index in [9.17, 15) is 0 Å². The Kier molecular flexibility index (Phi) is 6.60. The Labute approximate surface area is 137 Å². The van der Waals surface area contributed by atoms with Crippen LogP contribution in [0.15, 0.2) is 65.1 Å². The molecule has 0 saturated heterocycles. The van der Waals surface area contributed by atoms with Crippen LogP contribution in [0.5, 0.6) is 0 Å². The topological polar surface area (TPSA) is 9.23 Å². The second-order valence-electron chi connectivity index (χ2n) is 4.20. The molecule has 0 unspecified atom stereocenters. The van der Waals surface area contributed by atoms with E-state index in [4.69, 9.17) is 16.3 Å². The number of allylic oxidation sites excluding steroid dienone is 1. The Balaban J connectivity index is 2.15. The van der Waals surface area contributed by atoms with E-state index in [0.29, 0.717) is 6.61 Å². The van der Waals surface area contributed by atoms with Crippen molar-refractivity contribution in [2.75, 3.05) is 13.7 Å². The van der Waals surface area contributed by atoms with Gasteiger partial charge in [0.05, 0.1) is 0 Å². The Morgan fingerprint density at radius 2 is 1.86 bits per heavy atom. The Bertz CT molecular complexity index is 651. The molecule has 0 amide bonds. The van der Waals surface area contributed by atoms with Crippen molar-refractivity contribution >= 4 is 31.0 Å². The predicted octanol–water partition coefficient (Wildman–Crippen LogP) is 3.25. The van der Waals surface area contributed by atoms with Crippen molar-refractivity contribution in [3.05, 3.63) is 75.7 Å². The van der Waals surface area contributed by atoms with Crippen LogP contribution in [0, 0.1) is 11.8 Å². The average molecular weight is 362 g/mol. The number of rotatable bonds is 4. The maximum absolute atomic E-state index is 5.92. The SMILES string of the molecule is COC/C=C(/C#Cc1ccccc1)[Se]c1ccc(Cl)cc1. The third-order valence-corrected chi connectivity index (χ3v) is 4.92. The molecule has 3 heteroatoms. The molecule has 2 aromatic rings. The van der Waals surface area contributed by atoms with Crippen LogP contribution in [0.4, 0.5) is 0 Å². The van der Waals surface area contributed by atoms with Gasteiger partial charge < -0.3 is 0 Å². The van der Waals surface area contributed by atoms with Gasteiger partial charge in [0.1, 0.15) is 0 Å². The van der Waals surface area contributed by atoms with Gasteiger partial charge >= 0.3 is 137 Å². The molecule has 0 spiro atoms. The molecule has 2 aromatic carbocycles. The van der Waals surface area contributed by atoms with Gasteiger partial charge in [0.15, 0.2) is 0 Å². The first-order valence-corrected chi connectivity index (χ1v) is 8.56. The van der Waals surface area contributed by atoms with Gasteiger partial charge in [-0.15, -0.1) is 0 Å². The molecule has 0 aliphatic rings. The molecule has 2 rings (SSSR count). The number of methoxy groups -OCH3 is 1. The zero-order chi connectivity index (χ0) is 14.9. The van der Waals surface area contributed by atoms with Crippen LogP contribution >= 0.6 is 11.6 Å². The summed E-state index contributed by atoms with van der Waals surface area (Å²) in [6.07, 6.45) is 2.05. The first-order valence-electron chi connectivity index (χ1n) is 6.47. The summed E-state index contributed by atoms with van der Waals surface area (Å²) < 4.78 is 7.48. The van der Waals surface area contributed by atoms with Crippen molar-refractivity contribution in [3.63, 3.8) is 0 Å². The first kappa shape index (κ1) is 15.9. The van der Waals surface area contributed by atoms with Crippen LogP contribution in [0.1, 0.15) is 5.56 Å². The molecule has 0 aliphatic heterocycles. The molecule has 106 valence electrons. The fourth-order valence-electron chi connectivity index (χ4n) is 1.56. The summed E-state index contributed by atoms with van der Waals surface area (Å²) >= 11 is 6.08. The molecular formula is C18H15ClOSe. The third-order valence-electron chi connectivity index (χ3n) is 2.58. The predicted molar refractivity (Wildman–Crippen MR) is 90.1 cm³/mol. The van der Waals surface area contributed by atoms with Crippen LogP contribution in [-0.2, 0) is 4.74 Å². The molecule has 0 atom stereocenters. The minimum atomic E-state index is 0.158. The van der Waals surface area contributed by atoms with Crippen LogP contribution < -0.4 is 4.46 Å². The standard InChI is InChI=1S/C18H15ClOSe/c1-20-14-13-18(10-7-15-5-3-2-4-6-15)21-17-11-8-16(19)9-12-17/h2-6,8-9,11-13H,14H2,1H3/b18-13-. The second-order valence-corrected chi connectivity index (χ2v) is 6.97. The fraction of sp³-hybridized carbons (Fsp3) is 0.111. The molecule has 1 nitrogen and oxygen atoms in total. The van der Waals surface area contributed by atoms with Crippen LogP contribution in [0.25, 0.3) is 0 Å². The van der Waals surface area contributed by atoms with Crippen LogP contribution in [0.2, 0.25) is 5.02 Å². The zero-order valence-electron chi connectivity index (χ0n) is 11.7. The van der Waals surface area contributed by atoms with Gasteiger partial charge in [0.25, 0.3) is 0 Å². The molecular weight excluding hydrogens is 347 g/mol. The summed E-state index contributed by atoms with van der Waals surface area (Å²) in [5.41, 5.74) is 1.02. The van der Waals surface area contributed by atoms with E-state index in [-0.39, 0.29) is 15.0 Å². The molecule has 0 radical (unpaired) electrons. The van der Waals surface area contributed by atoms with E-state index in [1.165, 1.54) is 4.46 Å². The van der Waals surface area contributed by atoms with E-state index in [1.54, 1.807) is 7.11 Å². The van der Waals surface area contributed by atoms with E-state index in [0.717, 1.165) is 15.1 Å². The van der Waals surface area contributed by atoms with Crippen molar-refractivity contribution < 1.29 is 4.74 Å². The van der Waals surface area contributed by atoms with Crippen LogP contribution in [0.3, 0.4) is 0 Å². The van der Waals surface area contributed by atoms with Gasteiger partial charge in [-0.3, -0.25) is 0 Å². The summed E-state index contributed by atoms with van der Waals surface area (Å²) in [6, 6.07) is 17.9. The molecule has 0 heterocycles. The summed E-state index contributed by atoms with van der Waals surface area (Å²) in [6.45, 7) is 0.578. The van der Waals surface area contributed by atoms with E-state index < -0.39 is 0 Å². The van der Waals surface area contributed by atoms with Gasteiger partial charge in [-0.25, -0.2) is 0 Å². The molecule has 0 aliphatic carbocycles. The Morgan fingerprint density at radius 1 is 1.14 bits per heavy atom. The Morgan fingerprint density at radius 3 is 2.52 bits per heavy atom. The molecule has 0 aromatic heterocycles. The molecule has 0 bridgehead atoms. The second kappa shape index (κ2) is 8.72. The summed E-state index contributed by atoms with van der Waals surface area (Å²) in [5.74, 6) is 6.46. The Hall–Kier alpha value is -1.49. The number of benzene rings is 2. The number of hydrogen-bond acceptors (Lipinski definition) is 1. The van der Waals surface area contributed by atoms with Gasteiger partial charge in [-0.1, -0.05) is 0 Å². The first-order chi connectivity index (χ1) is 10.3. The quantitative estimate of drug-likeness (QED) is 0.600. The maximum atomic E-state index is 5.92. The summed E-state index contributed by atoms with van der Waals surface area (Å²) in [4.78, 5) is 0. The van der Waals surface area contributed by atoms with Crippen molar-refractivity contribution in [1.29, 1.82) is 0 Å². The summed E-state index contributed by atoms with van der Waals surface area (Å²) in [7, 11) is 1.69. The van der Waals surface area contributed by atoms with Crippen molar-refractivity contribution in [3.8, 4) is 11.8 Å². The molecule has 21 heavy (non-hydrogen) atoms. The van der Waals surface area contributed by atoms with Crippen LogP contribution in [-0.4, -0.2) is 28.7 Å². The minimum absolute atomic E-state index is 0.158. The van der Waals surface area contributed by atoms with Gasteiger partial charge in [0, 0.05) is 0 Å². The van der Waals surface area contributed by atoms with Gasteiger partial charge in [0.2, 0.25) is 0 Å². The van der Waals surface area contributed by atoms with E-state index in [2.05, 4.69) is 11.8 Å². The summed E-state index contributed by atoms with van der Waals surface area (Å²) in [5, 5.41) is 0.757. The van der Waals surface area contributed by atoms with Crippen molar-refractivity contribution in [2.24, 2.45) is 0 Å². The molecule has 0 fully saturated rings.